The second kappa shape index (κ2) is 7.12. The van der Waals surface area contributed by atoms with Crippen LogP contribution in [0.25, 0.3) is 0 Å². The molecule has 0 saturated carbocycles. The molecule has 0 fully saturated rings. The van der Waals surface area contributed by atoms with Crippen LogP contribution in [0.4, 0.5) is 0 Å². The summed E-state index contributed by atoms with van der Waals surface area (Å²) in [5.74, 6) is -1.65. The van der Waals surface area contributed by atoms with Crippen molar-refractivity contribution in [1.82, 2.24) is 9.88 Å². The molecule has 2 rings (SSSR count). The van der Waals surface area contributed by atoms with E-state index in [4.69, 9.17) is 0 Å². The molecule has 126 valence electrons. The summed E-state index contributed by atoms with van der Waals surface area (Å²) in [5, 5.41) is 11.9. The Labute approximate surface area is 139 Å². The minimum atomic E-state index is -1.21. The van der Waals surface area contributed by atoms with Crippen LogP contribution in [0.2, 0.25) is 0 Å². The van der Waals surface area contributed by atoms with Gasteiger partial charge in [0.15, 0.2) is 0 Å². The SMILES string of the molecule is CC(C)(C(=O)NC(Cc1ccccc1)C(=O)O)n1ccccc1=O. The quantitative estimate of drug-likeness (QED) is 0.839. The van der Waals surface area contributed by atoms with Crippen molar-refractivity contribution in [3.63, 3.8) is 0 Å². The third-order valence-electron chi connectivity index (χ3n) is 3.87. The number of hydrogen-bond donors (Lipinski definition) is 2. The molecule has 0 bridgehead atoms. The van der Waals surface area contributed by atoms with Gasteiger partial charge in [0, 0.05) is 18.7 Å². The first-order valence-electron chi connectivity index (χ1n) is 7.58. The lowest BCUT2D eigenvalue weighted by molar-refractivity contribution is -0.143. The Hall–Kier alpha value is -2.89. The largest absolute Gasteiger partial charge is 0.480 e. The van der Waals surface area contributed by atoms with Gasteiger partial charge in [-0.2, -0.15) is 0 Å². The van der Waals surface area contributed by atoms with Crippen LogP contribution in [0.1, 0.15) is 19.4 Å². The molecule has 1 unspecified atom stereocenters. The molecule has 24 heavy (non-hydrogen) atoms. The Kier molecular flexibility index (Phi) is 5.18. The van der Waals surface area contributed by atoms with Crippen molar-refractivity contribution in [1.29, 1.82) is 0 Å². The number of carbonyl (C=O) groups excluding carboxylic acids is 1. The minimum Gasteiger partial charge on any atom is -0.480 e. The normalized spacial score (nSPS) is 12.4. The molecule has 0 radical (unpaired) electrons. The van der Waals surface area contributed by atoms with Crippen LogP contribution < -0.4 is 10.9 Å². The highest BCUT2D eigenvalue weighted by atomic mass is 16.4. The molecule has 1 aromatic heterocycles. The van der Waals surface area contributed by atoms with E-state index in [1.807, 2.05) is 18.2 Å². The van der Waals surface area contributed by atoms with E-state index in [9.17, 15) is 19.5 Å². The molecular formula is C18H20N2O4. The summed E-state index contributed by atoms with van der Waals surface area (Å²) >= 11 is 0. The van der Waals surface area contributed by atoms with E-state index in [0.717, 1.165) is 5.56 Å². The predicted octanol–water partition coefficient (Wildman–Crippen LogP) is 1.40. The summed E-state index contributed by atoms with van der Waals surface area (Å²) in [6, 6.07) is 12.6. The number of carboxylic acids is 1. The number of aliphatic carboxylic acids is 1. The molecule has 1 heterocycles. The molecule has 0 aliphatic carbocycles. The van der Waals surface area contributed by atoms with Crippen molar-refractivity contribution in [3.8, 4) is 0 Å². The summed E-state index contributed by atoms with van der Waals surface area (Å²) < 4.78 is 1.28. The number of nitrogens with zero attached hydrogens (tertiary/aromatic N) is 1. The van der Waals surface area contributed by atoms with Gasteiger partial charge in [-0.15, -0.1) is 0 Å². The van der Waals surface area contributed by atoms with Gasteiger partial charge in [0.05, 0.1) is 0 Å². The summed E-state index contributed by atoms with van der Waals surface area (Å²) in [5.41, 5.74) is -0.726. The molecule has 2 N–H and O–H groups in total. The van der Waals surface area contributed by atoms with Crippen LogP contribution in [0.5, 0.6) is 0 Å². The Morgan fingerprint density at radius 3 is 2.33 bits per heavy atom. The molecule has 0 spiro atoms. The van der Waals surface area contributed by atoms with E-state index < -0.39 is 23.5 Å². The second-order valence-corrected chi connectivity index (χ2v) is 6.02. The number of pyridine rings is 1. The molecule has 6 heteroatoms. The maximum absolute atomic E-state index is 12.6. The average molecular weight is 328 g/mol. The number of carbonyl (C=O) groups is 2. The summed E-state index contributed by atoms with van der Waals surface area (Å²) in [6.07, 6.45) is 1.68. The van der Waals surface area contributed by atoms with Crippen LogP contribution >= 0.6 is 0 Å². The lowest BCUT2D eigenvalue weighted by Gasteiger charge is -2.28. The molecule has 2 aromatic rings. The third kappa shape index (κ3) is 3.90. The fourth-order valence-corrected chi connectivity index (χ4v) is 2.38. The monoisotopic (exact) mass is 328 g/mol. The van der Waals surface area contributed by atoms with Gasteiger partial charge in [0.1, 0.15) is 11.6 Å². The van der Waals surface area contributed by atoms with E-state index in [-0.39, 0.29) is 12.0 Å². The zero-order valence-electron chi connectivity index (χ0n) is 13.6. The first kappa shape index (κ1) is 17.5. The lowest BCUT2D eigenvalue weighted by atomic mass is 10.0. The van der Waals surface area contributed by atoms with Gasteiger partial charge in [0.25, 0.3) is 5.56 Å². The highest BCUT2D eigenvalue weighted by Crippen LogP contribution is 2.14. The summed E-state index contributed by atoms with van der Waals surface area (Å²) in [6.45, 7) is 3.15. The van der Waals surface area contributed by atoms with Crippen molar-refractivity contribution in [2.24, 2.45) is 0 Å². The van der Waals surface area contributed by atoms with Crippen LogP contribution in [-0.4, -0.2) is 27.6 Å². The van der Waals surface area contributed by atoms with Crippen LogP contribution in [0.3, 0.4) is 0 Å². The maximum Gasteiger partial charge on any atom is 0.326 e. The standard InChI is InChI=1S/C18H20N2O4/c1-18(2,20-11-7-6-10-15(20)21)17(24)19-14(16(22)23)12-13-8-4-3-5-9-13/h3-11,14H,12H2,1-2H3,(H,19,24)(H,22,23). The number of amides is 1. The van der Waals surface area contributed by atoms with Crippen molar-refractivity contribution < 1.29 is 14.7 Å². The van der Waals surface area contributed by atoms with E-state index in [1.54, 1.807) is 38.1 Å². The van der Waals surface area contributed by atoms with E-state index in [2.05, 4.69) is 5.32 Å². The number of benzene rings is 1. The highest BCUT2D eigenvalue weighted by molar-refractivity contribution is 5.88. The fourth-order valence-electron chi connectivity index (χ4n) is 2.38. The van der Waals surface area contributed by atoms with E-state index in [1.165, 1.54) is 16.8 Å². The third-order valence-corrected chi connectivity index (χ3v) is 3.87. The number of carboxylic acid groups (broad SMARTS) is 1. The van der Waals surface area contributed by atoms with E-state index >= 15 is 0 Å². The molecule has 0 saturated heterocycles. The zero-order chi connectivity index (χ0) is 17.7. The van der Waals surface area contributed by atoms with Crippen molar-refractivity contribution >= 4 is 11.9 Å². The van der Waals surface area contributed by atoms with Gasteiger partial charge in [-0.3, -0.25) is 9.59 Å². The van der Waals surface area contributed by atoms with Gasteiger partial charge in [0.2, 0.25) is 5.91 Å². The molecule has 6 nitrogen and oxygen atoms in total. The Balaban J connectivity index is 2.20. The van der Waals surface area contributed by atoms with Crippen molar-refractivity contribution in [2.45, 2.75) is 31.8 Å². The first-order valence-corrected chi connectivity index (χ1v) is 7.58. The predicted molar refractivity (Wildman–Crippen MR) is 89.7 cm³/mol. The van der Waals surface area contributed by atoms with Crippen LogP contribution in [0.15, 0.2) is 59.5 Å². The minimum absolute atomic E-state index is 0.168. The Morgan fingerprint density at radius 1 is 1.12 bits per heavy atom. The molecule has 1 amide bonds. The molecule has 1 aromatic carbocycles. The van der Waals surface area contributed by atoms with Crippen molar-refractivity contribution in [3.05, 3.63) is 70.6 Å². The van der Waals surface area contributed by atoms with Gasteiger partial charge < -0.3 is 15.0 Å². The number of hydrogen-bond acceptors (Lipinski definition) is 3. The Morgan fingerprint density at radius 2 is 1.75 bits per heavy atom. The first-order chi connectivity index (χ1) is 11.3. The maximum atomic E-state index is 12.6. The topological polar surface area (TPSA) is 88.4 Å². The number of rotatable bonds is 6. The van der Waals surface area contributed by atoms with Gasteiger partial charge in [-0.1, -0.05) is 36.4 Å². The zero-order valence-corrected chi connectivity index (χ0v) is 13.6. The van der Waals surface area contributed by atoms with Gasteiger partial charge in [-0.25, -0.2) is 4.79 Å². The van der Waals surface area contributed by atoms with Crippen LogP contribution in [-0.2, 0) is 21.5 Å². The Bertz CT molecular complexity index is 781. The lowest BCUT2D eigenvalue weighted by Crippen LogP contribution is -2.53. The molecule has 1 atom stereocenters. The molecule has 0 aliphatic heterocycles. The van der Waals surface area contributed by atoms with Gasteiger partial charge >= 0.3 is 5.97 Å². The van der Waals surface area contributed by atoms with Crippen LogP contribution in [0, 0.1) is 0 Å². The van der Waals surface area contributed by atoms with Crippen molar-refractivity contribution in [2.75, 3.05) is 0 Å². The summed E-state index contributed by atoms with van der Waals surface area (Å²) in [7, 11) is 0. The number of nitrogens with one attached hydrogen (secondary N) is 1. The smallest absolute Gasteiger partial charge is 0.326 e. The van der Waals surface area contributed by atoms with E-state index in [0.29, 0.717) is 0 Å². The molecule has 0 aliphatic rings. The number of aromatic nitrogens is 1. The highest BCUT2D eigenvalue weighted by Gasteiger charge is 2.33. The summed E-state index contributed by atoms with van der Waals surface area (Å²) in [4.78, 5) is 36.0. The molecular weight excluding hydrogens is 308 g/mol. The second-order valence-electron chi connectivity index (χ2n) is 6.02. The average Bonchev–Trinajstić information content (AvgIpc) is 2.55. The van der Waals surface area contributed by atoms with Gasteiger partial charge in [-0.05, 0) is 25.5 Å². The fraction of sp³-hybridized carbons (Fsp3) is 0.278.